The summed E-state index contributed by atoms with van der Waals surface area (Å²) in [6, 6.07) is 16.5. The van der Waals surface area contributed by atoms with Crippen LogP contribution in [0.5, 0.6) is 0 Å². The quantitative estimate of drug-likeness (QED) is 0.590. The van der Waals surface area contributed by atoms with Crippen molar-refractivity contribution in [2.45, 2.75) is 23.3 Å². The molecule has 5 nitrogen and oxygen atoms in total. The van der Waals surface area contributed by atoms with Crippen LogP contribution in [0, 0.1) is 5.41 Å². The summed E-state index contributed by atoms with van der Waals surface area (Å²) in [5, 5.41) is 14.9. The predicted octanol–water partition coefficient (Wildman–Crippen LogP) is 4.83. The third-order valence-electron chi connectivity index (χ3n) is 6.40. The van der Waals surface area contributed by atoms with Crippen molar-refractivity contribution in [3.63, 3.8) is 0 Å². The van der Waals surface area contributed by atoms with E-state index in [0.717, 1.165) is 16.2 Å². The Hall–Kier alpha value is -2.87. The van der Waals surface area contributed by atoms with E-state index in [1.165, 1.54) is 0 Å². The minimum absolute atomic E-state index is 0.119. The molecule has 0 saturated carbocycles. The average molecular weight is 491 g/mol. The number of benzene rings is 2. The highest BCUT2D eigenvalue weighted by Gasteiger charge is 2.57. The molecule has 2 N–H and O–H groups in total. The van der Waals surface area contributed by atoms with E-state index < -0.39 is 6.04 Å². The van der Waals surface area contributed by atoms with Crippen LogP contribution in [0.2, 0.25) is 5.02 Å². The number of hydrogen-bond donors (Lipinski definition) is 2. The summed E-state index contributed by atoms with van der Waals surface area (Å²) in [5.41, 5.74) is 2.47. The van der Waals surface area contributed by atoms with Crippen molar-refractivity contribution >= 4 is 58.1 Å². The fourth-order valence-electron chi connectivity index (χ4n) is 4.90. The van der Waals surface area contributed by atoms with Gasteiger partial charge < -0.3 is 5.32 Å². The number of amides is 1. The first-order valence-corrected chi connectivity index (χ1v) is 12.3. The van der Waals surface area contributed by atoms with Crippen molar-refractivity contribution in [3.05, 3.63) is 100 Å². The highest BCUT2D eigenvalue weighted by atomic mass is 35.5. The van der Waals surface area contributed by atoms with Crippen LogP contribution in [0.3, 0.4) is 0 Å². The fraction of sp³-hybridized carbons (Fsp3) is 0.160. The van der Waals surface area contributed by atoms with Crippen molar-refractivity contribution < 1.29 is 4.79 Å². The number of thiocarbonyl (C=S) groups is 1. The molecule has 4 atom stereocenters. The summed E-state index contributed by atoms with van der Waals surface area (Å²) < 4.78 is 0. The van der Waals surface area contributed by atoms with Crippen LogP contribution < -0.4 is 10.2 Å². The highest BCUT2D eigenvalue weighted by molar-refractivity contribution is 8.04. The molecule has 2 aromatic rings. The minimum Gasteiger partial charge on any atom is -0.372 e. The Bertz CT molecular complexity index is 1250. The number of amidine groups is 1. The predicted molar refractivity (Wildman–Crippen MR) is 138 cm³/mol. The maximum atomic E-state index is 13.8. The average Bonchev–Trinajstić information content (AvgIpc) is 3.46. The molecular formula is C25H19ClN4OS2. The second-order valence-corrected chi connectivity index (χ2v) is 10.2. The molecule has 1 amide bonds. The molecular weight excluding hydrogens is 472 g/mol. The zero-order valence-corrected chi connectivity index (χ0v) is 19.7. The Labute approximate surface area is 206 Å². The summed E-state index contributed by atoms with van der Waals surface area (Å²) in [6.07, 6.45) is 8.39. The minimum atomic E-state index is -0.606. The molecule has 0 radical (unpaired) electrons. The van der Waals surface area contributed by atoms with Gasteiger partial charge in [0.05, 0.1) is 22.0 Å². The largest absolute Gasteiger partial charge is 0.372 e. The number of anilines is 1. The van der Waals surface area contributed by atoms with E-state index in [-0.39, 0.29) is 29.0 Å². The number of hydrogen-bond acceptors (Lipinski definition) is 5. The van der Waals surface area contributed by atoms with Gasteiger partial charge >= 0.3 is 0 Å². The van der Waals surface area contributed by atoms with Crippen LogP contribution in [-0.2, 0) is 4.79 Å². The maximum Gasteiger partial charge on any atom is 0.257 e. The zero-order chi connectivity index (χ0) is 22.7. The van der Waals surface area contributed by atoms with Crippen molar-refractivity contribution in [1.82, 2.24) is 10.2 Å². The molecule has 4 unspecified atom stereocenters. The second-order valence-electron chi connectivity index (χ2n) is 8.25. The van der Waals surface area contributed by atoms with Gasteiger partial charge in [-0.1, -0.05) is 78.0 Å². The van der Waals surface area contributed by atoms with Crippen molar-refractivity contribution in [1.29, 1.82) is 5.41 Å². The topological polar surface area (TPSA) is 59.4 Å². The first-order chi connectivity index (χ1) is 16.0. The van der Waals surface area contributed by atoms with Gasteiger partial charge in [-0.2, -0.15) is 0 Å². The van der Waals surface area contributed by atoms with Crippen LogP contribution in [0.15, 0.2) is 89.5 Å². The third-order valence-corrected chi connectivity index (χ3v) is 8.32. The number of carbonyl (C=O) groups excluding carboxylic acids is 1. The maximum absolute atomic E-state index is 13.8. The Morgan fingerprint density at radius 1 is 1.03 bits per heavy atom. The molecule has 6 rings (SSSR count). The number of nitrogens with one attached hydrogen (secondary N) is 2. The summed E-state index contributed by atoms with van der Waals surface area (Å²) in [5.74, 6) is -0.179. The molecule has 8 heteroatoms. The van der Waals surface area contributed by atoms with E-state index in [0.29, 0.717) is 15.8 Å². The summed E-state index contributed by atoms with van der Waals surface area (Å²) in [6.45, 7) is 0. The van der Waals surface area contributed by atoms with Crippen molar-refractivity contribution in [2.24, 2.45) is 0 Å². The first kappa shape index (κ1) is 20.7. The molecule has 4 aliphatic rings. The smallest absolute Gasteiger partial charge is 0.257 e. The van der Waals surface area contributed by atoms with Gasteiger partial charge in [-0.05, 0) is 42.0 Å². The second kappa shape index (κ2) is 7.87. The number of allylic oxidation sites excluding steroid dienone is 2. The van der Waals surface area contributed by atoms with Gasteiger partial charge in [0.1, 0.15) is 11.9 Å². The van der Waals surface area contributed by atoms with Crippen molar-refractivity contribution in [3.8, 4) is 0 Å². The normalized spacial score (nSPS) is 30.2. The van der Waals surface area contributed by atoms with Crippen LogP contribution in [0.1, 0.15) is 11.5 Å². The van der Waals surface area contributed by atoms with Gasteiger partial charge in [0, 0.05) is 16.5 Å². The molecule has 1 aliphatic carbocycles. The first-order valence-electron chi connectivity index (χ1n) is 10.6. The van der Waals surface area contributed by atoms with Gasteiger partial charge in [0.25, 0.3) is 5.91 Å². The van der Waals surface area contributed by atoms with Gasteiger partial charge in [-0.3, -0.25) is 20.0 Å². The number of nitrogens with zero attached hydrogens (tertiary/aromatic N) is 2. The van der Waals surface area contributed by atoms with E-state index >= 15 is 0 Å². The van der Waals surface area contributed by atoms with Gasteiger partial charge in [0.15, 0.2) is 5.11 Å². The standard InChI is InChI=1S/C25H19ClN4OS2/c26-15-12-10-14(11-13-15)19-20(23-28-17-8-4-5-9-18(17)33-23)22(27)30-21(19)24(31)29(25(30)32)16-6-2-1-3-7-16/h1-13,17-19,21,27-28H/b23-20+,27-22?. The van der Waals surface area contributed by atoms with E-state index in [4.69, 9.17) is 29.2 Å². The lowest BCUT2D eigenvalue weighted by Crippen LogP contribution is -2.35. The number of para-hydroxylation sites is 1. The Morgan fingerprint density at radius 2 is 1.76 bits per heavy atom. The summed E-state index contributed by atoms with van der Waals surface area (Å²) in [7, 11) is 0. The lowest BCUT2D eigenvalue weighted by atomic mass is 9.87. The van der Waals surface area contributed by atoms with Gasteiger partial charge in [-0.25, -0.2) is 0 Å². The number of thioether (sulfide) groups is 1. The van der Waals surface area contributed by atoms with Gasteiger partial charge in [-0.15, -0.1) is 0 Å². The van der Waals surface area contributed by atoms with E-state index in [1.807, 2.05) is 60.7 Å². The van der Waals surface area contributed by atoms with E-state index in [1.54, 1.807) is 21.6 Å². The van der Waals surface area contributed by atoms with Crippen LogP contribution in [0.4, 0.5) is 5.69 Å². The molecule has 3 heterocycles. The number of halogens is 1. The number of fused-ring (bicyclic) bond motifs is 2. The lowest BCUT2D eigenvalue weighted by Gasteiger charge is -2.21. The van der Waals surface area contributed by atoms with Crippen LogP contribution in [0.25, 0.3) is 0 Å². The lowest BCUT2D eigenvalue weighted by molar-refractivity contribution is -0.119. The number of carbonyl (C=O) groups is 1. The molecule has 0 spiro atoms. The molecule has 33 heavy (non-hydrogen) atoms. The monoisotopic (exact) mass is 490 g/mol. The Kier molecular flexibility index (Phi) is 4.94. The molecule has 0 bridgehead atoms. The molecule has 164 valence electrons. The molecule has 3 aliphatic heterocycles. The highest BCUT2D eigenvalue weighted by Crippen LogP contribution is 2.49. The summed E-state index contributed by atoms with van der Waals surface area (Å²) in [4.78, 5) is 17.1. The Morgan fingerprint density at radius 3 is 2.48 bits per heavy atom. The zero-order valence-electron chi connectivity index (χ0n) is 17.3. The van der Waals surface area contributed by atoms with E-state index in [9.17, 15) is 4.79 Å². The fourth-order valence-corrected chi connectivity index (χ4v) is 6.73. The molecule has 3 fully saturated rings. The van der Waals surface area contributed by atoms with Crippen molar-refractivity contribution in [2.75, 3.05) is 4.90 Å². The third kappa shape index (κ3) is 3.18. The van der Waals surface area contributed by atoms with E-state index in [2.05, 4.69) is 23.5 Å². The van der Waals surface area contributed by atoms with Gasteiger partial charge in [0.2, 0.25) is 0 Å². The summed E-state index contributed by atoms with van der Waals surface area (Å²) >= 11 is 13.6. The molecule has 3 saturated heterocycles. The van der Waals surface area contributed by atoms with Crippen LogP contribution in [-0.4, -0.2) is 39.1 Å². The number of rotatable bonds is 2. The molecule has 2 aromatic carbocycles. The molecule has 0 aromatic heterocycles. The van der Waals surface area contributed by atoms with Crippen LogP contribution >= 0.6 is 35.6 Å². The SMILES string of the molecule is N=C1/C(=C2\NC3C=CC=CC3S2)C(c2ccc(Cl)cc2)C2C(=O)N(c3ccccc3)C(=S)N12. The Balaban J connectivity index is 1.48.